The summed E-state index contributed by atoms with van der Waals surface area (Å²) in [7, 11) is -3.48. The van der Waals surface area contributed by atoms with Crippen molar-refractivity contribution in [3.05, 3.63) is 30.3 Å². The van der Waals surface area contributed by atoms with Crippen LogP contribution in [0, 0.1) is 5.92 Å². The van der Waals surface area contributed by atoms with E-state index in [4.69, 9.17) is 0 Å². The average molecular weight is 452 g/mol. The van der Waals surface area contributed by atoms with Gasteiger partial charge in [-0.3, -0.25) is 4.79 Å². The van der Waals surface area contributed by atoms with Crippen molar-refractivity contribution in [2.24, 2.45) is 5.92 Å². The number of urea groups is 1. The summed E-state index contributed by atoms with van der Waals surface area (Å²) in [5.41, 5.74) is 0.728. The molecule has 1 N–H and O–H groups in total. The summed E-state index contributed by atoms with van der Waals surface area (Å²) in [4.78, 5) is 29.1. The number of carbonyl (C=O) groups is 2. The number of hydrogen-bond donors (Lipinski definition) is 1. The lowest BCUT2D eigenvalue weighted by Crippen LogP contribution is -2.56. The fourth-order valence-electron chi connectivity index (χ4n) is 4.20. The molecule has 31 heavy (non-hydrogen) atoms. The van der Waals surface area contributed by atoms with Crippen LogP contribution in [0.3, 0.4) is 0 Å². The Labute approximate surface area is 185 Å². The maximum absolute atomic E-state index is 13.1. The number of benzene rings is 1. The lowest BCUT2D eigenvalue weighted by atomic mass is 9.96. The van der Waals surface area contributed by atoms with Crippen molar-refractivity contribution in [2.45, 2.75) is 26.7 Å². The van der Waals surface area contributed by atoms with E-state index >= 15 is 0 Å². The second-order valence-corrected chi connectivity index (χ2v) is 9.83. The second-order valence-electron chi connectivity index (χ2n) is 7.90. The van der Waals surface area contributed by atoms with Crippen molar-refractivity contribution < 1.29 is 18.0 Å². The number of nitrogens with one attached hydrogen (secondary N) is 1. The molecule has 3 amide bonds. The van der Waals surface area contributed by atoms with Gasteiger partial charge < -0.3 is 15.1 Å². The first-order valence-electron chi connectivity index (χ1n) is 11.0. The van der Waals surface area contributed by atoms with E-state index in [-0.39, 0.29) is 17.9 Å². The van der Waals surface area contributed by atoms with E-state index in [1.807, 2.05) is 44.2 Å². The second kappa shape index (κ2) is 10.4. The molecule has 1 aromatic rings. The first-order chi connectivity index (χ1) is 14.9. The minimum absolute atomic E-state index is 0.0112. The number of para-hydroxylation sites is 1. The highest BCUT2D eigenvalue weighted by Gasteiger charge is 2.36. The van der Waals surface area contributed by atoms with Gasteiger partial charge in [0.05, 0.1) is 5.92 Å². The Morgan fingerprint density at radius 1 is 1.00 bits per heavy atom. The first kappa shape index (κ1) is 23.5. The van der Waals surface area contributed by atoms with Crippen molar-refractivity contribution in [3.8, 4) is 0 Å². The zero-order valence-electron chi connectivity index (χ0n) is 18.4. The van der Waals surface area contributed by atoms with E-state index in [0.717, 1.165) is 18.5 Å². The van der Waals surface area contributed by atoms with Gasteiger partial charge in [0.2, 0.25) is 5.91 Å². The number of hydrogen-bond acceptors (Lipinski definition) is 4. The van der Waals surface area contributed by atoms with Gasteiger partial charge in [0.15, 0.2) is 0 Å². The molecule has 1 unspecified atom stereocenters. The Bertz CT molecular complexity index is 852. The number of piperazine rings is 1. The van der Waals surface area contributed by atoms with E-state index in [0.29, 0.717) is 52.4 Å². The first-order valence-corrected chi connectivity index (χ1v) is 12.4. The van der Waals surface area contributed by atoms with Crippen LogP contribution in [0.25, 0.3) is 0 Å². The Morgan fingerprint density at radius 3 is 2.26 bits per heavy atom. The monoisotopic (exact) mass is 451 g/mol. The van der Waals surface area contributed by atoms with Crippen LogP contribution >= 0.6 is 0 Å². The average Bonchev–Trinajstić information content (AvgIpc) is 2.80. The van der Waals surface area contributed by atoms with Crippen molar-refractivity contribution in [2.75, 3.05) is 57.7 Å². The van der Waals surface area contributed by atoms with Crippen molar-refractivity contribution in [1.82, 2.24) is 18.4 Å². The highest BCUT2D eigenvalue weighted by molar-refractivity contribution is 7.86. The molecular formula is C21H33N5O4S. The van der Waals surface area contributed by atoms with Crippen molar-refractivity contribution in [3.63, 3.8) is 0 Å². The van der Waals surface area contributed by atoms with Gasteiger partial charge >= 0.3 is 6.03 Å². The van der Waals surface area contributed by atoms with Crippen LogP contribution in [0.1, 0.15) is 26.7 Å². The minimum atomic E-state index is -3.48. The van der Waals surface area contributed by atoms with E-state index in [1.54, 1.807) is 9.80 Å². The molecular weight excluding hydrogens is 418 g/mol. The van der Waals surface area contributed by atoms with Crippen LogP contribution < -0.4 is 5.32 Å². The van der Waals surface area contributed by atoms with Crippen LogP contribution in [-0.4, -0.2) is 91.1 Å². The van der Waals surface area contributed by atoms with Crippen LogP contribution in [-0.2, 0) is 15.0 Å². The fourth-order valence-corrected chi connectivity index (χ4v) is 5.80. The standard InChI is InChI=1S/C21H33N5O4S/c1-3-25(4-2)31(29,30)26-15-13-23(14-16-26)20(27)18-9-8-12-24(17-18)21(28)22-19-10-6-5-7-11-19/h5-7,10-11,18H,3-4,8-9,12-17H2,1-2H3,(H,22,28). The molecule has 172 valence electrons. The lowest BCUT2D eigenvalue weighted by Gasteiger charge is -2.39. The van der Waals surface area contributed by atoms with Crippen molar-refractivity contribution >= 4 is 27.8 Å². The third kappa shape index (κ3) is 5.55. The summed E-state index contributed by atoms with van der Waals surface area (Å²) in [5, 5.41) is 2.88. The Balaban J connectivity index is 1.54. The molecule has 3 rings (SSSR count). The maximum Gasteiger partial charge on any atom is 0.321 e. The van der Waals surface area contributed by atoms with Crippen molar-refractivity contribution in [1.29, 1.82) is 0 Å². The maximum atomic E-state index is 13.1. The number of likely N-dealkylation sites (tertiary alicyclic amines) is 1. The molecule has 2 aliphatic rings. The van der Waals surface area contributed by atoms with Gasteiger partial charge in [-0.25, -0.2) is 4.79 Å². The van der Waals surface area contributed by atoms with Gasteiger partial charge in [-0.1, -0.05) is 32.0 Å². The van der Waals surface area contributed by atoms with Gasteiger partial charge in [0, 0.05) is 58.0 Å². The smallest absolute Gasteiger partial charge is 0.321 e. The normalized spacial score (nSPS) is 20.7. The largest absolute Gasteiger partial charge is 0.340 e. The fraction of sp³-hybridized carbons (Fsp3) is 0.619. The predicted octanol–water partition coefficient (Wildman–Crippen LogP) is 1.66. The summed E-state index contributed by atoms with van der Waals surface area (Å²) in [6.07, 6.45) is 1.51. The Hall–Kier alpha value is -2.17. The zero-order valence-corrected chi connectivity index (χ0v) is 19.2. The van der Waals surface area contributed by atoms with Crippen LogP contribution in [0.2, 0.25) is 0 Å². The van der Waals surface area contributed by atoms with Gasteiger partial charge in [-0.2, -0.15) is 17.0 Å². The Kier molecular flexibility index (Phi) is 7.90. The quantitative estimate of drug-likeness (QED) is 0.712. The highest BCUT2D eigenvalue weighted by atomic mass is 32.2. The molecule has 2 heterocycles. The molecule has 1 atom stereocenters. The van der Waals surface area contributed by atoms with Crippen LogP contribution in [0.15, 0.2) is 30.3 Å². The topological polar surface area (TPSA) is 93.3 Å². The van der Waals surface area contributed by atoms with Gasteiger partial charge in [0.1, 0.15) is 0 Å². The van der Waals surface area contributed by atoms with E-state index in [2.05, 4.69) is 5.32 Å². The SMILES string of the molecule is CCN(CC)S(=O)(=O)N1CCN(C(=O)C2CCCN(C(=O)Nc3ccccc3)C2)CC1. The summed E-state index contributed by atoms with van der Waals surface area (Å²) in [5.74, 6) is -0.238. The predicted molar refractivity (Wildman–Crippen MR) is 120 cm³/mol. The minimum Gasteiger partial charge on any atom is -0.340 e. The van der Waals surface area contributed by atoms with E-state index in [1.165, 1.54) is 8.61 Å². The number of nitrogens with zero attached hydrogens (tertiary/aromatic N) is 4. The van der Waals surface area contributed by atoms with E-state index in [9.17, 15) is 18.0 Å². The molecule has 0 aliphatic carbocycles. The number of amides is 3. The lowest BCUT2D eigenvalue weighted by molar-refractivity contribution is -0.138. The van der Waals surface area contributed by atoms with Crippen LogP contribution in [0.4, 0.5) is 10.5 Å². The van der Waals surface area contributed by atoms with Crippen LogP contribution in [0.5, 0.6) is 0 Å². The summed E-state index contributed by atoms with van der Waals surface area (Å²) in [6.45, 7) is 6.88. The molecule has 2 saturated heterocycles. The summed E-state index contributed by atoms with van der Waals surface area (Å²) >= 11 is 0. The third-order valence-electron chi connectivity index (χ3n) is 5.99. The number of rotatable bonds is 6. The molecule has 1 aromatic carbocycles. The number of anilines is 1. The molecule has 10 heteroatoms. The molecule has 2 aliphatic heterocycles. The number of piperidine rings is 1. The highest BCUT2D eigenvalue weighted by Crippen LogP contribution is 2.22. The molecule has 0 saturated carbocycles. The third-order valence-corrected chi connectivity index (χ3v) is 8.18. The van der Waals surface area contributed by atoms with Gasteiger partial charge in [-0.15, -0.1) is 0 Å². The Morgan fingerprint density at radius 2 is 1.65 bits per heavy atom. The molecule has 9 nitrogen and oxygen atoms in total. The number of carbonyl (C=O) groups excluding carboxylic acids is 2. The van der Waals surface area contributed by atoms with Gasteiger partial charge in [0.25, 0.3) is 10.2 Å². The molecule has 2 fully saturated rings. The van der Waals surface area contributed by atoms with Gasteiger partial charge in [-0.05, 0) is 25.0 Å². The van der Waals surface area contributed by atoms with E-state index < -0.39 is 10.2 Å². The zero-order chi connectivity index (χ0) is 22.4. The molecule has 0 aromatic heterocycles. The molecule has 0 bridgehead atoms. The summed E-state index contributed by atoms with van der Waals surface area (Å²) in [6, 6.07) is 9.07. The molecule has 0 radical (unpaired) electrons. The summed E-state index contributed by atoms with van der Waals surface area (Å²) < 4.78 is 28.3. The molecule has 0 spiro atoms.